The van der Waals surface area contributed by atoms with Crippen LogP contribution >= 0.6 is 0 Å². The quantitative estimate of drug-likeness (QED) is 0.270. The summed E-state index contributed by atoms with van der Waals surface area (Å²) in [6.45, 7) is 4.06. The molecule has 220 valence electrons. The van der Waals surface area contributed by atoms with Gasteiger partial charge in [0.05, 0.1) is 26.2 Å². The van der Waals surface area contributed by atoms with Crippen molar-refractivity contribution in [2.24, 2.45) is 5.92 Å². The number of hydrogen-bond donors (Lipinski definition) is 1. The van der Waals surface area contributed by atoms with Gasteiger partial charge >= 0.3 is 0 Å². The van der Waals surface area contributed by atoms with Crippen LogP contribution in [0.25, 0.3) is 5.57 Å². The SMILES string of the molecule is COc1ccc(C(=O)[C@H]2[C@@H](C(=O)c3cccc(OC)c3)N3c4ccc(C)cc4C(C)=C[C@@H]3[C@@]23C(=O)Nc2ccccc23)cc1. The molecule has 0 radical (unpaired) electrons. The number of carbonyl (C=O) groups excluding carboxylic acids is 3. The van der Waals surface area contributed by atoms with Gasteiger partial charge in [-0.05, 0) is 79.6 Å². The van der Waals surface area contributed by atoms with E-state index in [1.54, 1.807) is 62.8 Å². The molecule has 1 spiro atoms. The molecule has 7 rings (SSSR count). The van der Waals surface area contributed by atoms with E-state index in [-0.39, 0.29) is 17.5 Å². The van der Waals surface area contributed by atoms with E-state index in [0.717, 1.165) is 22.4 Å². The number of Topliss-reactive ketones (excluding diaryl/α,β-unsaturated/α-hetero) is 2. The topological polar surface area (TPSA) is 84.9 Å². The van der Waals surface area contributed by atoms with E-state index in [2.05, 4.69) is 17.5 Å². The van der Waals surface area contributed by atoms with E-state index in [4.69, 9.17) is 9.47 Å². The first-order chi connectivity index (χ1) is 21.3. The minimum Gasteiger partial charge on any atom is -0.497 e. The first-order valence-corrected chi connectivity index (χ1v) is 14.6. The van der Waals surface area contributed by atoms with Gasteiger partial charge in [-0.1, -0.05) is 48.0 Å². The van der Waals surface area contributed by atoms with Crippen LogP contribution in [0.5, 0.6) is 11.5 Å². The molecule has 4 aromatic carbocycles. The van der Waals surface area contributed by atoms with Crippen LogP contribution in [0.15, 0.2) is 97.1 Å². The molecular formula is C37H32N2O5. The van der Waals surface area contributed by atoms with Crippen molar-refractivity contribution in [2.75, 3.05) is 24.4 Å². The number of carbonyl (C=O) groups is 3. The highest BCUT2D eigenvalue weighted by Gasteiger charge is 2.70. The van der Waals surface area contributed by atoms with E-state index in [0.29, 0.717) is 33.9 Å². The van der Waals surface area contributed by atoms with Gasteiger partial charge in [0, 0.05) is 28.1 Å². The summed E-state index contributed by atoms with van der Waals surface area (Å²) in [5.74, 6) is -0.742. The fraction of sp³-hybridized carbons (Fsp3) is 0.216. The summed E-state index contributed by atoms with van der Waals surface area (Å²) in [5, 5.41) is 3.08. The Balaban J connectivity index is 1.54. The number of fused-ring (bicyclic) bond motifs is 6. The molecule has 4 atom stereocenters. The molecule has 1 saturated heterocycles. The largest absolute Gasteiger partial charge is 0.497 e. The van der Waals surface area contributed by atoms with E-state index >= 15 is 0 Å². The Hall–Kier alpha value is -5.17. The summed E-state index contributed by atoms with van der Waals surface area (Å²) < 4.78 is 10.8. The molecule has 0 aliphatic carbocycles. The normalized spacial score (nSPS) is 22.9. The minimum atomic E-state index is -1.38. The summed E-state index contributed by atoms with van der Waals surface area (Å²) in [6.07, 6.45) is 2.07. The number of aryl methyl sites for hydroxylation is 1. The molecule has 0 bridgehead atoms. The maximum Gasteiger partial charge on any atom is 0.238 e. The molecule has 7 nitrogen and oxygen atoms in total. The number of benzene rings is 4. The number of ketones is 2. The van der Waals surface area contributed by atoms with Crippen molar-refractivity contribution in [1.29, 1.82) is 0 Å². The van der Waals surface area contributed by atoms with Gasteiger partial charge in [0.1, 0.15) is 23.0 Å². The minimum absolute atomic E-state index is 0.255. The average molecular weight is 585 g/mol. The highest BCUT2D eigenvalue weighted by Crippen LogP contribution is 2.59. The Morgan fingerprint density at radius 2 is 1.55 bits per heavy atom. The number of hydrogen-bond acceptors (Lipinski definition) is 6. The smallest absolute Gasteiger partial charge is 0.238 e. The Bertz CT molecular complexity index is 1880. The number of nitrogens with one attached hydrogen (secondary N) is 1. The van der Waals surface area contributed by atoms with E-state index in [9.17, 15) is 14.4 Å². The van der Waals surface area contributed by atoms with Crippen molar-refractivity contribution in [3.05, 3.63) is 125 Å². The van der Waals surface area contributed by atoms with Gasteiger partial charge in [0.25, 0.3) is 0 Å². The van der Waals surface area contributed by atoms with E-state index in [1.165, 1.54) is 0 Å². The van der Waals surface area contributed by atoms with Gasteiger partial charge in [0.2, 0.25) is 5.91 Å². The number of methoxy groups -OCH3 is 2. The zero-order chi connectivity index (χ0) is 30.7. The number of ether oxygens (including phenoxy) is 2. The van der Waals surface area contributed by atoms with Gasteiger partial charge in [-0.25, -0.2) is 0 Å². The number of nitrogens with zero attached hydrogens (tertiary/aromatic N) is 1. The zero-order valence-corrected chi connectivity index (χ0v) is 25.0. The summed E-state index contributed by atoms with van der Waals surface area (Å²) in [4.78, 5) is 46.5. The van der Waals surface area contributed by atoms with Gasteiger partial charge in [-0.15, -0.1) is 0 Å². The zero-order valence-electron chi connectivity index (χ0n) is 25.0. The van der Waals surface area contributed by atoms with Crippen LogP contribution in [-0.2, 0) is 10.2 Å². The van der Waals surface area contributed by atoms with Crippen LogP contribution < -0.4 is 19.7 Å². The molecular weight excluding hydrogens is 552 g/mol. The summed E-state index contributed by atoms with van der Waals surface area (Å²) in [5.41, 5.74) is 4.67. The van der Waals surface area contributed by atoms with Crippen molar-refractivity contribution in [3.8, 4) is 11.5 Å². The molecule has 1 fully saturated rings. The monoisotopic (exact) mass is 584 g/mol. The predicted molar refractivity (Wildman–Crippen MR) is 170 cm³/mol. The second kappa shape index (κ2) is 10.2. The molecule has 44 heavy (non-hydrogen) atoms. The first-order valence-electron chi connectivity index (χ1n) is 14.6. The predicted octanol–water partition coefficient (Wildman–Crippen LogP) is 6.26. The van der Waals surface area contributed by atoms with E-state index in [1.807, 2.05) is 55.1 Å². The third-order valence-electron chi connectivity index (χ3n) is 9.41. The van der Waals surface area contributed by atoms with Crippen LogP contribution in [0.3, 0.4) is 0 Å². The third kappa shape index (κ3) is 3.85. The Kier molecular flexibility index (Phi) is 6.43. The molecule has 0 aromatic heterocycles. The Morgan fingerprint density at radius 3 is 2.30 bits per heavy atom. The lowest BCUT2D eigenvalue weighted by Gasteiger charge is -2.39. The fourth-order valence-corrected chi connectivity index (χ4v) is 7.43. The molecule has 3 heterocycles. The highest BCUT2D eigenvalue weighted by atomic mass is 16.5. The van der Waals surface area contributed by atoms with Crippen LogP contribution in [0, 0.1) is 12.8 Å². The van der Waals surface area contributed by atoms with Crippen molar-refractivity contribution in [2.45, 2.75) is 31.3 Å². The van der Waals surface area contributed by atoms with Crippen LogP contribution in [0.1, 0.15) is 44.3 Å². The number of amides is 1. The molecule has 3 aliphatic rings. The van der Waals surface area contributed by atoms with Crippen LogP contribution in [0.2, 0.25) is 0 Å². The van der Waals surface area contributed by atoms with Crippen molar-refractivity contribution < 1.29 is 23.9 Å². The summed E-state index contributed by atoms with van der Waals surface area (Å²) in [7, 11) is 3.12. The number of rotatable bonds is 6. The maximum atomic E-state index is 15.0. The van der Waals surface area contributed by atoms with Crippen molar-refractivity contribution in [3.63, 3.8) is 0 Å². The number of allylic oxidation sites excluding steroid dienone is 1. The van der Waals surface area contributed by atoms with Crippen molar-refractivity contribution >= 4 is 34.4 Å². The average Bonchev–Trinajstić information content (AvgIpc) is 3.52. The van der Waals surface area contributed by atoms with Crippen LogP contribution in [-0.4, -0.2) is 43.8 Å². The van der Waals surface area contributed by atoms with Gasteiger partial charge < -0.3 is 19.7 Å². The number of anilines is 2. The molecule has 4 aromatic rings. The first kappa shape index (κ1) is 27.7. The molecule has 3 aliphatic heterocycles. The maximum absolute atomic E-state index is 15.0. The molecule has 7 heteroatoms. The lowest BCUT2D eigenvalue weighted by Crippen LogP contribution is -2.51. The lowest BCUT2D eigenvalue weighted by molar-refractivity contribution is -0.121. The van der Waals surface area contributed by atoms with Crippen molar-refractivity contribution in [1.82, 2.24) is 0 Å². The summed E-state index contributed by atoms with van der Waals surface area (Å²) in [6, 6.07) is 25.9. The molecule has 0 unspecified atom stereocenters. The van der Waals surface area contributed by atoms with Gasteiger partial charge in [0.15, 0.2) is 11.6 Å². The highest BCUT2D eigenvalue weighted by molar-refractivity contribution is 6.18. The summed E-state index contributed by atoms with van der Waals surface area (Å²) >= 11 is 0. The molecule has 1 amide bonds. The second-order valence-corrected chi connectivity index (χ2v) is 11.7. The lowest BCUT2D eigenvalue weighted by atomic mass is 9.64. The number of para-hydroxylation sites is 1. The Morgan fingerprint density at radius 1 is 0.795 bits per heavy atom. The second-order valence-electron chi connectivity index (χ2n) is 11.7. The fourth-order valence-electron chi connectivity index (χ4n) is 7.43. The standard InChI is InChI=1S/C37H32N2O5/c1-21-12-17-30-27(18-21)22(2)19-31-37(28-10-5-6-11-29(28)38-36(37)42)32(34(40)23-13-15-25(43-3)16-14-23)33(39(30)31)35(41)24-8-7-9-26(20-24)44-4/h5-20,31-33H,1-4H3,(H,38,42)/t31-,32-,33+,37-/m1/s1. The third-order valence-corrected chi connectivity index (χ3v) is 9.41. The van der Waals surface area contributed by atoms with Gasteiger partial charge in [-0.2, -0.15) is 0 Å². The van der Waals surface area contributed by atoms with Crippen LogP contribution in [0.4, 0.5) is 11.4 Å². The molecule has 1 N–H and O–H groups in total. The Labute approximate surface area is 256 Å². The molecule has 0 saturated carbocycles. The van der Waals surface area contributed by atoms with E-state index < -0.39 is 23.4 Å². The van der Waals surface area contributed by atoms with Gasteiger partial charge in [-0.3, -0.25) is 14.4 Å².